The number of hydrogen-bond acceptors (Lipinski definition) is 4. The van der Waals surface area contributed by atoms with Crippen molar-refractivity contribution in [1.82, 2.24) is 4.98 Å². The maximum Gasteiger partial charge on any atom is 0.174 e. The lowest BCUT2D eigenvalue weighted by atomic mass is 10.0. The van der Waals surface area contributed by atoms with Gasteiger partial charge in [-0.2, -0.15) is 0 Å². The van der Waals surface area contributed by atoms with Crippen LogP contribution in [0.1, 0.15) is 37.7 Å². The summed E-state index contributed by atoms with van der Waals surface area (Å²) in [5.74, 6) is 0.599. The van der Waals surface area contributed by atoms with Crippen molar-refractivity contribution in [3.8, 4) is 0 Å². The minimum atomic E-state index is 0.0998. The fraction of sp³-hybridized carbons (Fsp3) is 0.571. The summed E-state index contributed by atoms with van der Waals surface area (Å²) in [6, 6.07) is 2.31. The van der Waals surface area contributed by atoms with Gasteiger partial charge < -0.3 is 15.8 Å². The minimum absolute atomic E-state index is 0.0998. The lowest BCUT2D eigenvalue weighted by Gasteiger charge is -2.32. The van der Waals surface area contributed by atoms with Gasteiger partial charge in [0.05, 0.1) is 16.9 Å². The Hall–Kier alpha value is -1.78. The van der Waals surface area contributed by atoms with Crippen molar-refractivity contribution in [1.29, 1.82) is 0 Å². The SMILES string of the molecule is Cc1cc(N(C)C(C)C(C)C)c(/C(N)=N/O)c(C)n1. The Kier molecular flexibility index (Phi) is 4.75. The first-order chi connectivity index (χ1) is 8.79. The van der Waals surface area contributed by atoms with Crippen LogP contribution in [-0.2, 0) is 0 Å². The van der Waals surface area contributed by atoms with E-state index in [1.807, 2.05) is 27.0 Å². The number of nitrogens with two attached hydrogens (primary N) is 1. The maximum absolute atomic E-state index is 8.95. The summed E-state index contributed by atoms with van der Waals surface area (Å²) in [6.07, 6.45) is 0. The molecule has 0 bridgehead atoms. The molecule has 1 unspecified atom stereocenters. The third-order valence-electron chi connectivity index (χ3n) is 3.63. The Labute approximate surface area is 115 Å². The molecule has 19 heavy (non-hydrogen) atoms. The van der Waals surface area contributed by atoms with E-state index in [1.165, 1.54) is 0 Å². The van der Waals surface area contributed by atoms with Crippen LogP contribution in [0.5, 0.6) is 0 Å². The van der Waals surface area contributed by atoms with Crippen LogP contribution in [0.25, 0.3) is 0 Å². The van der Waals surface area contributed by atoms with Gasteiger partial charge in [0, 0.05) is 18.8 Å². The molecule has 0 aromatic carbocycles. The minimum Gasteiger partial charge on any atom is -0.409 e. The molecule has 0 aliphatic heterocycles. The summed E-state index contributed by atoms with van der Waals surface area (Å²) >= 11 is 0. The number of pyridine rings is 1. The maximum atomic E-state index is 8.95. The first-order valence-electron chi connectivity index (χ1n) is 6.48. The molecule has 0 spiro atoms. The van der Waals surface area contributed by atoms with Crippen molar-refractivity contribution < 1.29 is 5.21 Å². The van der Waals surface area contributed by atoms with Crippen LogP contribution in [0.4, 0.5) is 5.69 Å². The predicted molar refractivity (Wildman–Crippen MR) is 78.9 cm³/mol. The van der Waals surface area contributed by atoms with E-state index < -0.39 is 0 Å². The second-order valence-electron chi connectivity index (χ2n) is 5.32. The van der Waals surface area contributed by atoms with E-state index in [4.69, 9.17) is 10.9 Å². The molecule has 0 saturated carbocycles. The summed E-state index contributed by atoms with van der Waals surface area (Å²) in [5, 5.41) is 12.1. The number of rotatable bonds is 4. The van der Waals surface area contributed by atoms with Gasteiger partial charge in [-0.3, -0.25) is 4.98 Å². The quantitative estimate of drug-likeness (QED) is 0.378. The highest BCUT2D eigenvalue weighted by molar-refractivity contribution is 6.03. The summed E-state index contributed by atoms with van der Waals surface area (Å²) in [7, 11) is 2.02. The van der Waals surface area contributed by atoms with Crippen LogP contribution in [-0.4, -0.2) is 29.1 Å². The van der Waals surface area contributed by atoms with Gasteiger partial charge in [-0.05, 0) is 32.8 Å². The van der Waals surface area contributed by atoms with Crippen LogP contribution in [0, 0.1) is 19.8 Å². The summed E-state index contributed by atoms with van der Waals surface area (Å²) in [5.41, 5.74) is 9.13. The molecule has 1 atom stereocenters. The fourth-order valence-corrected chi connectivity index (χ4v) is 2.12. The number of anilines is 1. The molecule has 106 valence electrons. The van der Waals surface area contributed by atoms with Crippen LogP contribution in [0.3, 0.4) is 0 Å². The number of aryl methyl sites for hydroxylation is 2. The second kappa shape index (κ2) is 5.91. The van der Waals surface area contributed by atoms with Crippen molar-refractivity contribution in [2.75, 3.05) is 11.9 Å². The van der Waals surface area contributed by atoms with E-state index in [2.05, 4.69) is 35.8 Å². The van der Waals surface area contributed by atoms with Gasteiger partial charge in [0.15, 0.2) is 5.84 Å². The van der Waals surface area contributed by atoms with Crippen LogP contribution < -0.4 is 10.6 Å². The van der Waals surface area contributed by atoms with E-state index in [0.29, 0.717) is 17.5 Å². The standard InChI is InChI=1S/C14H24N4O/c1-8(2)11(5)18(6)12-7-9(3)16-10(4)13(12)14(15)17-19/h7-8,11,19H,1-6H3,(H2,15,17). The highest BCUT2D eigenvalue weighted by Crippen LogP contribution is 2.26. The Morgan fingerprint density at radius 1 is 1.37 bits per heavy atom. The number of amidine groups is 1. The van der Waals surface area contributed by atoms with Crippen molar-refractivity contribution in [3.05, 3.63) is 23.0 Å². The van der Waals surface area contributed by atoms with E-state index in [1.54, 1.807) is 0 Å². The molecule has 0 saturated heterocycles. The number of aromatic nitrogens is 1. The second-order valence-corrected chi connectivity index (χ2v) is 5.32. The first kappa shape index (κ1) is 15.3. The molecule has 3 N–H and O–H groups in total. The topological polar surface area (TPSA) is 74.7 Å². The molecule has 1 aromatic rings. The summed E-state index contributed by atoms with van der Waals surface area (Å²) in [4.78, 5) is 6.54. The van der Waals surface area contributed by atoms with E-state index in [0.717, 1.165) is 17.1 Å². The normalized spacial score (nSPS) is 13.7. The molecular formula is C14H24N4O. The largest absolute Gasteiger partial charge is 0.409 e. The summed E-state index contributed by atoms with van der Waals surface area (Å²) < 4.78 is 0. The van der Waals surface area contributed by atoms with Crippen LogP contribution in [0.2, 0.25) is 0 Å². The predicted octanol–water partition coefficient (Wildman–Crippen LogP) is 2.27. The van der Waals surface area contributed by atoms with Crippen molar-refractivity contribution in [2.24, 2.45) is 16.8 Å². The molecule has 1 heterocycles. The third-order valence-corrected chi connectivity index (χ3v) is 3.63. The number of hydrogen-bond donors (Lipinski definition) is 2. The molecule has 0 aliphatic carbocycles. The van der Waals surface area contributed by atoms with Gasteiger partial charge in [0.2, 0.25) is 0 Å². The zero-order chi connectivity index (χ0) is 14.7. The van der Waals surface area contributed by atoms with Gasteiger partial charge in [-0.1, -0.05) is 19.0 Å². The third kappa shape index (κ3) is 3.16. The fourth-order valence-electron chi connectivity index (χ4n) is 2.12. The Morgan fingerprint density at radius 3 is 2.42 bits per heavy atom. The molecule has 1 rings (SSSR count). The van der Waals surface area contributed by atoms with Gasteiger partial charge >= 0.3 is 0 Å². The zero-order valence-corrected chi connectivity index (χ0v) is 12.6. The van der Waals surface area contributed by atoms with Crippen molar-refractivity contribution >= 4 is 11.5 Å². The monoisotopic (exact) mass is 264 g/mol. The van der Waals surface area contributed by atoms with Gasteiger partial charge in [-0.15, -0.1) is 0 Å². The lowest BCUT2D eigenvalue weighted by molar-refractivity contribution is 0.318. The van der Waals surface area contributed by atoms with Crippen LogP contribution >= 0.6 is 0 Å². The molecule has 5 nitrogen and oxygen atoms in total. The summed E-state index contributed by atoms with van der Waals surface area (Å²) in [6.45, 7) is 10.3. The van der Waals surface area contributed by atoms with E-state index in [-0.39, 0.29) is 5.84 Å². The Bertz CT molecular complexity index is 483. The highest BCUT2D eigenvalue weighted by atomic mass is 16.4. The number of oxime groups is 1. The smallest absolute Gasteiger partial charge is 0.174 e. The Balaban J connectivity index is 3.40. The highest BCUT2D eigenvalue weighted by Gasteiger charge is 2.20. The van der Waals surface area contributed by atoms with E-state index >= 15 is 0 Å². The average molecular weight is 264 g/mol. The first-order valence-corrected chi connectivity index (χ1v) is 6.48. The molecule has 0 radical (unpaired) electrons. The average Bonchev–Trinajstić information content (AvgIpc) is 2.35. The van der Waals surface area contributed by atoms with Crippen molar-refractivity contribution in [3.63, 3.8) is 0 Å². The van der Waals surface area contributed by atoms with Crippen molar-refractivity contribution in [2.45, 2.75) is 40.7 Å². The molecule has 0 amide bonds. The van der Waals surface area contributed by atoms with E-state index in [9.17, 15) is 0 Å². The van der Waals surface area contributed by atoms with Gasteiger partial charge in [-0.25, -0.2) is 0 Å². The Morgan fingerprint density at radius 2 is 1.95 bits per heavy atom. The molecule has 0 fully saturated rings. The zero-order valence-electron chi connectivity index (χ0n) is 12.6. The number of nitrogens with zero attached hydrogens (tertiary/aromatic N) is 3. The molecular weight excluding hydrogens is 240 g/mol. The lowest BCUT2D eigenvalue weighted by Crippen LogP contribution is -2.35. The molecule has 0 aliphatic rings. The van der Waals surface area contributed by atoms with Gasteiger partial charge in [0.25, 0.3) is 0 Å². The molecule has 1 aromatic heterocycles. The molecule has 5 heteroatoms. The van der Waals surface area contributed by atoms with Crippen LogP contribution in [0.15, 0.2) is 11.2 Å². The van der Waals surface area contributed by atoms with Gasteiger partial charge in [0.1, 0.15) is 0 Å².